The maximum absolute atomic E-state index is 13.4. The van der Waals surface area contributed by atoms with E-state index in [1.807, 2.05) is 13.0 Å². The number of halogens is 3. The van der Waals surface area contributed by atoms with E-state index < -0.39 is 12.5 Å². The first-order valence-electron chi connectivity index (χ1n) is 13.4. The van der Waals surface area contributed by atoms with Gasteiger partial charge < -0.3 is 24.8 Å². The molecule has 0 radical (unpaired) electrons. The third-order valence-electron chi connectivity index (χ3n) is 6.95. The third kappa shape index (κ3) is 7.93. The van der Waals surface area contributed by atoms with Crippen LogP contribution in [0.25, 0.3) is 11.1 Å². The number of amides is 2. The molecule has 2 amide bonds. The number of benzene rings is 3. The van der Waals surface area contributed by atoms with Crippen LogP contribution in [0.4, 0.5) is 23.7 Å². The number of ether oxygens (including phenoxy) is 2. The van der Waals surface area contributed by atoms with Crippen molar-refractivity contribution in [2.24, 2.45) is 5.92 Å². The second-order valence-electron chi connectivity index (χ2n) is 10.6. The minimum Gasteiger partial charge on any atom is -0.490 e. The first-order valence-corrected chi connectivity index (χ1v) is 13.4. The van der Waals surface area contributed by atoms with Crippen LogP contribution in [0.1, 0.15) is 49.0 Å². The monoisotopic (exact) mass is 570 g/mol. The summed E-state index contributed by atoms with van der Waals surface area (Å²) in [6.45, 7) is 6.34. The number of piperidine rings is 1. The Morgan fingerprint density at radius 1 is 1.05 bits per heavy atom. The fourth-order valence-corrected chi connectivity index (χ4v) is 5.24. The van der Waals surface area contributed by atoms with Crippen LogP contribution in [0.2, 0.25) is 0 Å². The molecule has 0 saturated carbocycles. The summed E-state index contributed by atoms with van der Waals surface area (Å²) >= 11 is 0. The molecule has 1 fully saturated rings. The van der Waals surface area contributed by atoms with E-state index in [4.69, 9.17) is 4.74 Å². The lowest BCUT2D eigenvalue weighted by Crippen LogP contribution is -2.48. The zero-order valence-corrected chi connectivity index (χ0v) is 23.1. The van der Waals surface area contributed by atoms with Gasteiger partial charge in [0.15, 0.2) is 0 Å². The van der Waals surface area contributed by atoms with Crippen molar-refractivity contribution >= 4 is 17.7 Å². The average Bonchev–Trinajstić information content (AvgIpc) is 2.88. The van der Waals surface area contributed by atoms with E-state index in [9.17, 15) is 27.9 Å². The van der Waals surface area contributed by atoms with E-state index in [2.05, 4.69) is 23.9 Å². The molecule has 218 valence electrons. The summed E-state index contributed by atoms with van der Waals surface area (Å²) in [5, 5.41) is 12.5. The molecule has 4 rings (SSSR count). The van der Waals surface area contributed by atoms with Crippen LogP contribution in [-0.4, -0.2) is 47.1 Å². The smallest absolute Gasteiger partial charge is 0.490 e. The number of rotatable bonds is 8. The Bertz CT molecular complexity index is 1370. The summed E-state index contributed by atoms with van der Waals surface area (Å²) in [5.41, 5.74) is 2.82. The predicted octanol–water partition coefficient (Wildman–Crippen LogP) is 7.75. The van der Waals surface area contributed by atoms with Crippen molar-refractivity contribution in [3.63, 3.8) is 0 Å². The molecule has 10 heteroatoms. The van der Waals surface area contributed by atoms with Gasteiger partial charge in [-0.25, -0.2) is 4.79 Å². The van der Waals surface area contributed by atoms with E-state index in [0.29, 0.717) is 53.4 Å². The third-order valence-corrected chi connectivity index (χ3v) is 6.95. The minimum atomic E-state index is -4.79. The SMILES string of the molecule is Cc1cccc(C(=O)Nc2cccc(OC3CCN(C(=O)O)C(CC(C)C)C3)c2)c1-c1ccc(OC(F)(F)F)cc1. The van der Waals surface area contributed by atoms with Gasteiger partial charge in [-0.2, -0.15) is 0 Å². The molecule has 1 heterocycles. The fourth-order valence-electron chi connectivity index (χ4n) is 5.24. The van der Waals surface area contributed by atoms with E-state index in [-0.39, 0.29) is 23.8 Å². The first kappa shape index (κ1) is 29.8. The highest BCUT2D eigenvalue weighted by molar-refractivity contribution is 6.09. The minimum absolute atomic E-state index is 0.122. The Labute approximate surface area is 236 Å². The molecule has 2 N–H and O–H groups in total. The molecule has 0 spiro atoms. The van der Waals surface area contributed by atoms with Gasteiger partial charge in [0, 0.05) is 42.7 Å². The molecule has 1 aliphatic heterocycles. The number of nitrogens with one attached hydrogen (secondary N) is 1. The fraction of sp³-hybridized carbons (Fsp3) is 0.355. The second-order valence-corrected chi connectivity index (χ2v) is 10.6. The lowest BCUT2D eigenvalue weighted by Gasteiger charge is -2.38. The van der Waals surface area contributed by atoms with Crippen molar-refractivity contribution in [2.75, 3.05) is 11.9 Å². The molecule has 1 aliphatic rings. The second kappa shape index (κ2) is 12.5. The van der Waals surface area contributed by atoms with Crippen molar-refractivity contribution in [2.45, 2.75) is 58.5 Å². The van der Waals surface area contributed by atoms with Crippen LogP contribution >= 0.6 is 0 Å². The Balaban J connectivity index is 1.48. The molecule has 2 unspecified atom stereocenters. The normalized spacial score (nSPS) is 17.3. The van der Waals surface area contributed by atoms with Crippen LogP contribution in [0.3, 0.4) is 0 Å². The molecular weight excluding hydrogens is 537 g/mol. The van der Waals surface area contributed by atoms with Gasteiger partial charge in [0.05, 0.1) is 0 Å². The number of carbonyl (C=O) groups is 2. The average molecular weight is 571 g/mol. The Morgan fingerprint density at radius 3 is 2.41 bits per heavy atom. The Morgan fingerprint density at radius 2 is 1.76 bits per heavy atom. The van der Waals surface area contributed by atoms with Gasteiger partial charge in [-0.3, -0.25) is 4.79 Å². The van der Waals surface area contributed by atoms with Crippen LogP contribution in [-0.2, 0) is 0 Å². The summed E-state index contributed by atoms with van der Waals surface area (Å²) in [7, 11) is 0. The quantitative estimate of drug-likeness (QED) is 0.289. The number of nitrogens with zero attached hydrogens (tertiary/aromatic N) is 1. The number of carboxylic acid groups (broad SMARTS) is 1. The topological polar surface area (TPSA) is 88.1 Å². The summed E-state index contributed by atoms with van der Waals surface area (Å²) in [4.78, 5) is 26.5. The lowest BCUT2D eigenvalue weighted by molar-refractivity contribution is -0.274. The molecule has 0 bridgehead atoms. The first-order chi connectivity index (χ1) is 19.4. The number of anilines is 1. The number of hydrogen-bond acceptors (Lipinski definition) is 4. The molecule has 1 saturated heterocycles. The van der Waals surface area contributed by atoms with Crippen LogP contribution in [0.5, 0.6) is 11.5 Å². The molecule has 7 nitrogen and oxygen atoms in total. The number of carbonyl (C=O) groups excluding carboxylic acids is 1. The zero-order valence-electron chi connectivity index (χ0n) is 23.1. The molecule has 0 aromatic heterocycles. The highest BCUT2D eigenvalue weighted by Crippen LogP contribution is 2.32. The maximum atomic E-state index is 13.4. The van der Waals surface area contributed by atoms with Gasteiger partial charge in [0.2, 0.25) is 0 Å². The van der Waals surface area contributed by atoms with Gasteiger partial charge in [-0.1, -0.05) is 44.2 Å². The predicted molar refractivity (Wildman–Crippen MR) is 149 cm³/mol. The van der Waals surface area contributed by atoms with E-state index in [0.717, 1.165) is 12.0 Å². The highest BCUT2D eigenvalue weighted by atomic mass is 19.4. The van der Waals surface area contributed by atoms with Crippen LogP contribution < -0.4 is 14.8 Å². The van der Waals surface area contributed by atoms with Crippen LogP contribution in [0, 0.1) is 12.8 Å². The van der Waals surface area contributed by atoms with Crippen molar-refractivity contribution < 1.29 is 37.3 Å². The Kier molecular flexibility index (Phi) is 9.10. The zero-order chi connectivity index (χ0) is 29.7. The van der Waals surface area contributed by atoms with Crippen molar-refractivity contribution in [1.82, 2.24) is 4.90 Å². The van der Waals surface area contributed by atoms with Gasteiger partial charge in [-0.05, 0) is 66.3 Å². The standard InChI is InChI=1S/C31H33F3N2O5/c1-19(2)16-23-18-26(14-15-36(23)30(38)39)40-25-8-5-7-22(17-25)35-29(37)27-9-4-6-20(3)28(27)21-10-12-24(13-11-21)41-31(32,33)34/h4-13,17,19,23,26H,14-16,18H2,1-3H3,(H,35,37)(H,38,39). The summed E-state index contributed by atoms with van der Waals surface area (Å²) in [6.07, 6.45) is -3.97. The number of aryl methyl sites for hydroxylation is 1. The molecule has 3 aromatic carbocycles. The van der Waals surface area contributed by atoms with Gasteiger partial charge in [0.1, 0.15) is 17.6 Å². The van der Waals surface area contributed by atoms with E-state index in [1.165, 1.54) is 29.2 Å². The van der Waals surface area contributed by atoms with Crippen molar-refractivity contribution in [3.05, 3.63) is 77.9 Å². The molecular formula is C31H33F3N2O5. The van der Waals surface area contributed by atoms with E-state index in [1.54, 1.807) is 36.4 Å². The summed E-state index contributed by atoms with van der Waals surface area (Å²) in [6, 6.07) is 17.5. The van der Waals surface area contributed by atoms with Gasteiger partial charge in [0.25, 0.3) is 5.91 Å². The number of likely N-dealkylation sites (tertiary alicyclic amines) is 1. The summed E-state index contributed by atoms with van der Waals surface area (Å²) < 4.78 is 47.9. The molecule has 0 aliphatic carbocycles. The van der Waals surface area contributed by atoms with E-state index >= 15 is 0 Å². The lowest BCUT2D eigenvalue weighted by atomic mass is 9.92. The number of alkyl halides is 3. The summed E-state index contributed by atoms with van der Waals surface area (Å²) in [5.74, 6) is 0.173. The van der Waals surface area contributed by atoms with Gasteiger partial charge in [-0.15, -0.1) is 13.2 Å². The Hall–Kier alpha value is -4.21. The molecule has 41 heavy (non-hydrogen) atoms. The van der Waals surface area contributed by atoms with Crippen LogP contribution in [0.15, 0.2) is 66.7 Å². The van der Waals surface area contributed by atoms with Gasteiger partial charge >= 0.3 is 12.5 Å². The molecule has 2 atom stereocenters. The number of hydrogen-bond donors (Lipinski definition) is 2. The molecule has 3 aromatic rings. The van der Waals surface area contributed by atoms with Crippen molar-refractivity contribution in [1.29, 1.82) is 0 Å². The maximum Gasteiger partial charge on any atom is 0.573 e. The highest BCUT2D eigenvalue weighted by Gasteiger charge is 2.33. The van der Waals surface area contributed by atoms with Crippen molar-refractivity contribution in [3.8, 4) is 22.6 Å². The largest absolute Gasteiger partial charge is 0.573 e.